The van der Waals surface area contributed by atoms with Crippen LogP contribution in [0.25, 0.3) is 22.6 Å². The molecule has 3 aromatic heterocycles. The molecule has 1 atom stereocenters. The van der Waals surface area contributed by atoms with Gasteiger partial charge in [0.2, 0.25) is 5.28 Å². The molecule has 0 aromatic carbocycles. The molecule has 2 aliphatic rings. The summed E-state index contributed by atoms with van der Waals surface area (Å²) in [5, 5.41) is 13.8. The van der Waals surface area contributed by atoms with Gasteiger partial charge in [0.05, 0.1) is 24.6 Å². The Morgan fingerprint density at radius 3 is 2.77 bits per heavy atom. The van der Waals surface area contributed by atoms with E-state index in [-0.39, 0.29) is 16.2 Å². The first kappa shape index (κ1) is 23.1. The van der Waals surface area contributed by atoms with Crippen LogP contribution in [0.3, 0.4) is 0 Å². The van der Waals surface area contributed by atoms with Gasteiger partial charge in [-0.2, -0.15) is 10.2 Å². The van der Waals surface area contributed by atoms with E-state index in [1.165, 1.54) is 31.3 Å². The van der Waals surface area contributed by atoms with Crippen molar-refractivity contribution in [1.82, 2.24) is 35.1 Å². The van der Waals surface area contributed by atoms with Gasteiger partial charge < -0.3 is 4.74 Å². The van der Waals surface area contributed by atoms with Gasteiger partial charge in [-0.05, 0) is 48.3 Å². The minimum Gasteiger partial charge on any atom is -0.493 e. The Morgan fingerprint density at radius 2 is 2.06 bits per heavy atom. The molecule has 5 rings (SSSR count). The number of methoxy groups -OCH3 is 1. The van der Waals surface area contributed by atoms with Gasteiger partial charge in [-0.25, -0.2) is 9.97 Å². The van der Waals surface area contributed by atoms with Crippen LogP contribution in [0.1, 0.15) is 23.2 Å². The highest BCUT2D eigenvalue weighted by molar-refractivity contribution is 8.14. The predicted molar refractivity (Wildman–Crippen MR) is 134 cm³/mol. The zero-order valence-corrected chi connectivity index (χ0v) is 20.8. The standard InChI is InChI=1S/C23H21ClN8O2S/c1-31-9-8-16(29-31)17-10-14(20-18(34-3)12-26-22(24)27-20)15(11-25-17)21(33)28-23-30-32(2)19(35-23)7-6-13-4-5-13/h8-13,19H,4-5H2,1-3H3,(H,28,30,33). The van der Waals surface area contributed by atoms with E-state index in [4.69, 9.17) is 16.3 Å². The molecule has 10 nitrogen and oxygen atoms in total. The molecular weight excluding hydrogens is 488 g/mol. The molecular formula is C23H21ClN8O2S. The Labute approximate surface area is 211 Å². The number of amides is 1. The number of halogens is 1. The largest absolute Gasteiger partial charge is 0.493 e. The second-order valence-electron chi connectivity index (χ2n) is 8.01. The highest BCUT2D eigenvalue weighted by Gasteiger charge is 2.27. The molecule has 1 N–H and O–H groups in total. The number of hydrogen-bond acceptors (Lipinski definition) is 9. The van der Waals surface area contributed by atoms with Crippen molar-refractivity contribution in [1.29, 1.82) is 0 Å². The van der Waals surface area contributed by atoms with Crippen molar-refractivity contribution in [2.45, 2.75) is 18.2 Å². The third-order valence-electron chi connectivity index (χ3n) is 5.35. The lowest BCUT2D eigenvalue weighted by molar-refractivity contribution is 0.0978. The topological polar surface area (TPSA) is 110 Å². The van der Waals surface area contributed by atoms with Crippen LogP contribution in [0.2, 0.25) is 5.28 Å². The number of nitrogens with one attached hydrogen (secondary N) is 1. The first-order valence-electron chi connectivity index (χ1n) is 10.8. The second kappa shape index (κ2) is 9.56. The average Bonchev–Trinajstić information content (AvgIpc) is 3.48. The summed E-state index contributed by atoms with van der Waals surface area (Å²) in [7, 11) is 5.15. The highest BCUT2D eigenvalue weighted by atomic mass is 35.5. The zero-order chi connectivity index (χ0) is 24.5. The Balaban J connectivity index is 1.48. The molecule has 1 aliphatic carbocycles. The van der Waals surface area contributed by atoms with Gasteiger partial charge in [0, 0.05) is 38.0 Å². The summed E-state index contributed by atoms with van der Waals surface area (Å²) >= 11 is 7.48. The van der Waals surface area contributed by atoms with Crippen LogP contribution in [-0.2, 0) is 7.05 Å². The Morgan fingerprint density at radius 1 is 1.23 bits per heavy atom. The van der Waals surface area contributed by atoms with E-state index < -0.39 is 5.91 Å². The van der Waals surface area contributed by atoms with E-state index in [1.54, 1.807) is 15.8 Å². The Hall–Kier alpha value is -3.62. The van der Waals surface area contributed by atoms with E-state index in [9.17, 15) is 4.79 Å². The van der Waals surface area contributed by atoms with E-state index in [0.29, 0.717) is 39.5 Å². The van der Waals surface area contributed by atoms with Crippen LogP contribution >= 0.6 is 23.4 Å². The number of aromatic nitrogens is 5. The summed E-state index contributed by atoms with van der Waals surface area (Å²) in [6, 6.07) is 3.57. The van der Waals surface area contributed by atoms with E-state index in [2.05, 4.69) is 42.3 Å². The fraction of sp³-hybridized carbons (Fsp3) is 0.304. The lowest BCUT2D eigenvalue weighted by atomic mass is 10.0. The lowest BCUT2D eigenvalue weighted by Crippen LogP contribution is -2.28. The van der Waals surface area contributed by atoms with Crippen LogP contribution in [-0.4, -0.2) is 60.3 Å². The summed E-state index contributed by atoms with van der Waals surface area (Å²) in [5.74, 6) is 6.93. The third kappa shape index (κ3) is 5.08. The monoisotopic (exact) mass is 508 g/mol. The molecule has 0 spiro atoms. The molecule has 1 unspecified atom stereocenters. The van der Waals surface area contributed by atoms with Gasteiger partial charge in [0.15, 0.2) is 16.3 Å². The maximum Gasteiger partial charge on any atom is 0.259 e. The number of pyridine rings is 1. The van der Waals surface area contributed by atoms with Crippen LogP contribution in [0.15, 0.2) is 35.8 Å². The van der Waals surface area contributed by atoms with Gasteiger partial charge >= 0.3 is 0 Å². The number of carbonyl (C=O) groups is 1. The van der Waals surface area contributed by atoms with Crippen molar-refractivity contribution in [2.75, 3.05) is 14.2 Å². The molecule has 1 aliphatic heterocycles. The number of hydrogen-bond donors (Lipinski definition) is 1. The van der Waals surface area contributed by atoms with Gasteiger partial charge in [-0.3, -0.25) is 24.8 Å². The van der Waals surface area contributed by atoms with Gasteiger partial charge in [-0.1, -0.05) is 11.8 Å². The van der Waals surface area contributed by atoms with Crippen molar-refractivity contribution in [2.24, 2.45) is 18.1 Å². The quantitative estimate of drug-likeness (QED) is 0.423. The number of nitrogens with zero attached hydrogens (tertiary/aromatic N) is 7. The number of aryl methyl sites for hydroxylation is 1. The SMILES string of the molecule is COc1cnc(Cl)nc1-c1cc(-c2ccn(C)n2)ncc1C(=O)NC1=NN(C)C(C#CC2CC2)S1. The minimum atomic E-state index is -0.396. The summed E-state index contributed by atoms with van der Waals surface area (Å²) in [4.78, 5) is 26.2. The summed E-state index contributed by atoms with van der Waals surface area (Å²) in [6.07, 6.45) is 7.06. The van der Waals surface area contributed by atoms with Crippen molar-refractivity contribution >= 4 is 34.4 Å². The molecule has 1 saturated carbocycles. The van der Waals surface area contributed by atoms with Crippen molar-refractivity contribution in [3.63, 3.8) is 0 Å². The smallest absolute Gasteiger partial charge is 0.259 e. The van der Waals surface area contributed by atoms with Gasteiger partial charge in [0.1, 0.15) is 11.4 Å². The van der Waals surface area contributed by atoms with Crippen molar-refractivity contribution in [3.8, 4) is 40.2 Å². The number of thioether (sulfide) groups is 1. The fourth-order valence-electron chi connectivity index (χ4n) is 3.38. The molecule has 0 radical (unpaired) electrons. The predicted octanol–water partition coefficient (Wildman–Crippen LogP) is 3.02. The minimum absolute atomic E-state index is 0.0257. The summed E-state index contributed by atoms with van der Waals surface area (Å²) in [5.41, 5.74) is 2.33. The first-order valence-corrected chi connectivity index (χ1v) is 12.0. The second-order valence-corrected chi connectivity index (χ2v) is 9.42. The third-order valence-corrected chi connectivity index (χ3v) is 6.58. The van der Waals surface area contributed by atoms with Crippen molar-refractivity contribution in [3.05, 3.63) is 41.6 Å². The lowest BCUT2D eigenvalue weighted by Gasteiger charge is -2.13. The molecule has 0 bridgehead atoms. The van der Waals surface area contributed by atoms with Gasteiger partial charge in [0.25, 0.3) is 5.91 Å². The van der Waals surface area contributed by atoms with E-state index in [0.717, 1.165) is 12.8 Å². The molecule has 1 amide bonds. The fourth-order valence-corrected chi connectivity index (χ4v) is 4.37. The van der Waals surface area contributed by atoms with E-state index in [1.807, 2.05) is 26.4 Å². The number of carbonyl (C=O) groups excluding carboxylic acids is 1. The maximum absolute atomic E-state index is 13.4. The Kier molecular flexibility index (Phi) is 6.32. The zero-order valence-electron chi connectivity index (χ0n) is 19.2. The highest BCUT2D eigenvalue weighted by Crippen LogP contribution is 2.33. The summed E-state index contributed by atoms with van der Waals surface area (Å²) in [6.45, 7) is 0. The van der Waals surface area contributed by atoms with Crippen LogP contribution in [0.4, 0.5) is 0 Å². The number of ether oxygens (including phenoxy) is 1. The molecule has 35 heavy (non-hydrogen) atoms. The first-order chi connectivity index (χ1) is 16.9. The molecule has 4 heterocycles. The number of hydrazone groups is 1. The molecule has 12 heteroatoms. The number of rotatable bonds is 4. The van der Waals surface area contributed by atoms with Crippen LogP contribution in [0, 0.1) is 17.8 Å². The van der Waals surface area contributed by atoms with Crippen LogP contribution in [0.5, 0.6) is 5.75 Å². The maximum atomic E-state index is 13.4. The molecule has 3 aromatic rings. The summed E-state index contributed by atoms with van der Waals surface area (Å²) < 4.78 is 7.12. The average molecular weight is 509 g/mol. The van der Waals surface area contributed by atoms with Gasteiger partial charge in [-0.15, -0.1) is 0 Å². The Bertz CT molecular complexity index is 1390. The number of amidine groups is 1. The molecule has 0 saturated heterocycles. The molecule has 1 fully saturated rings. The van der Waals surface area contributed by atoms with E-state index >= 15 is 0 Å². The van der Waals surface area contributed by atoms with Crippen molar-refractivity contribution < 1.29 is 9.53 Å². The van der Waals surface area contributed by atoms with Crippen LogP contribution < -0.4 is 10.1 Å². The normalized spacial score (nSPS) is 17.0. The molecule has 178 valence electrons.